The number of aromatic nitrogens is 1. The lowest BCUT2D eigenvalue weighted by Gasteiger charge is -2.07. The molecule has 6 heteroatoms. The number of hydrogen-bond donors (Lipinski definition) is 1. The van der Waals surface area contributed by atoms with E-state index in [9.17, 15) is 13.6 Å². The molecule has 0 bridgehead atoms. The summed E-state index contributed by atoms with van der Waals surface area (Å²) in [6, 6.07) is 0. The monoisotopic (exact) mass is 313 g/mol. The molecule has 0 saturated heterocycles. The second kappa shape index (κ2) is 4.16. The summed E-state index contributed by atoms with van der Waals surface area (Å²) in [4.78, 5) is 14.3. The Bertz CT molecular complexity index is 382. The van der Waals surface area contributed by atoms with Crippen molar-refractivity contribution in [2.75, 3.05) is 0 Å². The molecule has 1 heterocycles. The van der Waals surface area contributed by atoms with Gasteiger partial charge in [-0.05, 0) is 29.5 Å². The molecule has 1 N–H and O–H groups in total. The highest BCUT2D eigenvalue weighted by Crippen LogP contribution is 2.27. The van der Waals surface area contributed by atoms with E-state index in [0.29, 0.717) is 0 Å². The van der Waals surface area contributed by atoms with Crippen LogP contribution in [0.4, 0.5) is 8.78 Å². The molecule has 0 fully saturated rings. The normalized spacial score (nSPS) is 10.6. The van der Waals surface area contributed by atoms with Gasteiger partial charge in [0.05, 0.1) is 16.8 Å². The number of nitrogens with zero attached hydrogens (tertiary/aromatic N) is 1. The molecule has 1 aromatic heterocycles. The Hall–Kier alpha value is -0.790. The first-order valence-corrected chi connectivity index (χ1v) is 4.69. The number of aromatic carboxylic acids is 1. The Morgan fingerprint density at radius 2 is 2.21 bits per heavy atom. The summed E-state index contributed by atoms with van der Waals surface area (Å²) in [5, 5.41) is 8.76. The van der Waals surface area contributed by atoms with E-state index in [1.807, 2.05) is 0 Å². The van der Waals surface area contributed by atoms with Crippen molar-refractivity contribution < 1.29 is 18.7 Å². The zero-order valence-electron chi connectivity index (χ0n) is 7.09. The lowest BCUT2D eigenvalue weighted by Crippen LogP contribution is -2.08. The van der Waals surface area contributed by atoms with Crippen LogP contribution in [-0.2, 0) is 0 Å². The van der Waals surface area contributed by atoms with Crippen LogP contribution in [0.5, 0.6) is 0 Å². The quantitative estimate of drug-likeness (QED) is 0.854. The largest absolute Gasteiger partial charge is 0.478 e. The minimum atomic E-state index is -2.70. The number of rotatable bonds is 2. The van der Waals surface area contributed by atoms with Crippen molar-refractivity contribution in [2.45, 2.75) is 13.3 Å². The molecule has 0 unspecified atom stereocenters. The van der Waals surface area contributed by atoms with Gasteiger partial charge in [0.25, 0.3) is 6.43 Å². The third-order valence-electron chi connectivity index (χ3n) is 1.68. The van der Waals surface area contributed by atoms with Gasteiger partial charge in [0.15, 0.2) is 0 Å². The Balaban J connectivity index is 3.41. The van der Waals surface area contributed by atoms with Gasteiger partial charge in [0, 0.05) is 9.77 Å². The molecular weight excluding hydrogens is 307 g/mol. The van der Waals surface area contributed by atoms with Gasteiger partial charge in [-0.25, -0.2) is 13.6 Å². The summed E-state index contributed by atoms with van der Waals surface area (Å²) >= 11 is 1.60. The average molecular weight is 313 g/mol. The van der Waals surface area contributed by atoms with Gasteiger partial charge in [-0.15, -0.1) is 0 Å². The van der Waals surface area contributed by atoms with Crippen LogP contribution in [0.15, 0.2) is 6.20 Å². The van der Waals surface area contributed by atoms with Gasteiger partial charge in [-0.2, -0.15) is 0 Å². The molecule has 76 valence electrons. The van der Waals surface area contributed by atoms with E-state index >= 15 is 0 Å². The highest BCUT2D eigenvalue weighted by atomic mass is 127. The van der Waals surface area contributed by atoms with E-state index in [-0.39, 0.29) is 20.4 Å². The van der Waals surface area contributed by atoms with Crippen molar-refractivity contribution in [3.63, 3.8) is 0 Å². The summed E-state index contributed by atoms with van der Waals surface area (Å²) in [5.74, 6) is -1.23. The molecule has 0 aliphatic carbocycles. The molecule has 0 spiro atoms. The van der Waals surface area contributed by atoms with E-state index in [0.717, 1.165) is 6.20 Å². The zero-order chi connectivity index (χ0) is 10.9. The highest BCUT2D eigenvalue weighted by molar-refractivity contribution is 14.1. The first-order valence-electron chi connectivity index (χ1n) is 3.61. The summed E-state index contributed by atoms with van der Waals surface area (Å²) in [6.45, 7) is 1.47. The van der Waals surface area contributed by atoms with Crippen LogP contribution in [0.25, 0.3) is 0 Å². The summed E-state index contributed by atoms with van der Waals surface area (Å²) in [6.07, 6.45) is -1.69. The fraction of sp³-hybridized carbons (Fsp3) is 0.250. The lowest BCUT2D eigenvalue weighted by atomic mass is 10.1. The van der Waals surface area contributed by atoms with Gasteiger partial charge in [-0.3, -0.25) is 4.98 Å². The first kappa shape index (κ1) is 11.3. The topological polar surface area (TPSA) is 50.2 Å². The zero-order valence-corrected chi connectivity index (χ0v) is 9.25. The number of halogens is 3. The van der Waals surface area contributed by atoms with Gasteiger partial charge < -0.3 is 5.11 Å². The molecular formula is C8H6F2INO2. The number of aryl methyl sites for hydroxylation is 1. The van der Waals surface area contributed by atoms with E-state index < -0.39 is 12.4 Å². The molecule has 0 atom stereocenters. The first-order chi connectivity index (χ1) is 6.45. The Morgan fingerprint density at radius 3 is 2.64 bits per heavy atom. The van der Waals surface area contributed by atoms with E-state index in [2.05, 4.69) is 4.98 Å². The molecule has 0 radical (unpaired) electrons. The maximum atomic E-state index is 12.4. The maximum absolute atomic E-state index is 12.4. The number of carboxylic acid groups (broad SMARTS) is 1. The minimum absolute atomic E-state index is 0.0533. The standard InChI is InChI=1S/C8H6F2INO2/c1-3-5(8(13)14)6(11)4(2-12-3)7(9)10/h2,7H,1H3,(H,13,14). The lowest BCUT2D eigenvalue weighted by molar-refractivity contribution is 0.0693. The smallest absolute Gasteiger partial charge is 0.338 e. The summed E-state index contributed by atoms with van der Waals surface area (Å²) < 4.78 is 24.8. The van der Waals surface area contributed by atoms with Crippen molar-refractivity contribution in [1.82, 2.24) is 4.98 Å². The van der Waals surface area contributed by atoms with Crippen LogP contribution in [-0.4, -0.2) is 16.1 Å². The molecule has 1 rings (SSSR count). The van der Waals surface area contributed by atoms with Crippen LogP contribution >= 0.6 is 22.6 Å². The van der Waals surface area contributed by atoms with Crippen LogP contribution in [0.3, 0.4) is 0 Å². The molecule has 0 amide bonds. The maximum Gasteiger partial charge on any atom is 0.338 e. The van der Waals surface area contributed by atoms with Crippen molar-refractivity contribution in [1.29, 1.82) is 0 Å². The number of carboxylic acids is 1. The van der Waals surface area contributed by atoms with E-state index in [4.69, 9.17) is 5.11 Å². The van der Waals surface area contributed by atoms with Gasteiger partial charge in [0.1, 0.15) is 0 Å². The molecule has 0 aliphatic rings. The molecule has 0 aromatic carbocycles. The molecule has 0 saturated carbocycles. The summed E-state index contributed by atoms with van der Waals surface area (Å²) in [5.41, 5.74) is -0.247. The average Bonchev–Trinajstić information content (AvgIpc) is 2.02. The minimum Gasteiger partial charge on any atom is -0.478 e. The van der Waals surface area contributed by atoms with E-state index in [1.165, 1.54) is 6.92 Å². The molecule has 1 aromatic rings. The van der Waals surface area contributed by atoms with Crippen LogP contribution in [0, 0.1) is 10.5 Å². The van der Waals surface area contributed by atoms with Gasteiger partial charge in [-0.1, -0.05) is 0 Å². The van der Waals surface area contributed by atoms with Crippen molar-refractivity contribution in [3.8, 4) is 0 Å². The molecule has 0 aliphatic heterocycles. The van der Waals surface area contributed by atoms with Gasteiger partial charge >= 0.3 is 5.97 Å². The van der Waals surface area contributed by atoms with Crippen LogP contribution in [0.2, 0.25) is 0 Å². The summed E-state index contributed by atoms with van der Waals surface area (Å²) in [7, 11) is 0. The van der Waals surface area contributed by atoms with Crippen molar-refractivity contribution in [3.05, 3.63) is 26.6 Å². The van der Waals surface area contributed by atoms with Crippen molar-refractivity contribution in [2.24, 2.45) is 0 Å². The van der Waals surface area contributed by atoms with E-state index in [1.54, 1.807) is 22.6 Å². The van der Waals surface area contributed by atoms with Crippen LogP contribution in [0.1, 0.15) is 28.0 Å². The third-order valence-corrected chi connectivity index (χ3v) is 2.84. The van der Waals surface area contributed by atoms with Crippen LogP contribution < -0.4 is 0 Å². The second-order valence-electron chi connectivity index (χ2n) is 2.59. The Morgan fingerprint density at radius 1 is 1.64 bits per heavy atom. The highest BCUT2D eigenvalue weighted by Gasteiger charge is 2.20. The predicted octanol–water partition coefficient (Wildman–Crippen LogP) is 2.63. The number of alkyl halides is 2. The Kier molecular flexibility index (Phi) is 3.35. The van der Waals surface area contributed by atoms with Crippen molar-refractivity contribution >= 4 is 28.6 Å². The molecule has 3 nitrogen and oxygen atoms in total. The predicted molar refractivity (Wildman–Crippen MR) is 53.6 cm³/mol. The number of pyridine rings is 1. The fourth-order valence-corrected chi connectivity index (χ4v) is 1.99. The molecule has 14 heavy (non-hydrogen) atoms. The Labute approximate surface area is 92.3 Å². The number of carbonyl (C=O) groups is 1. The SMILES string of the molecule is Cc1ncc(C(F)F)c(I)c1C(=O)O. The van der Waals surface area contributed by atoms with Gasteiger partial charge in [0.2, 0.25) is 0 Å². The second-order valence-corrected chi connectivity index (χ2v) is 3.67. The number of hydrogen-bond acceptors (Lipinski definition) is 2. The third kappa shape index (κ3) is 1.99. The fourth-order valence-electron chi connectivity index (χ4n) is 0.992.